The third kappa shape index (κ3) is 3.74. The molecule has 0 saturated carbocycles. The van der Waals surface area contributed by atoms with Crippen LogP contribution in [0, 0.1) is 0 Å². The molecule has 4 heteroatoms. The summed E-state index contributed by atoms with van der Waals surface area (Å²) in [6.07, 6.45) is 0. The fraction of sp³-hybridized carbons (Fsp3) is 0.238. The van der Waals surface area contributed by atoms with E-state index in [0.717, 1.165) is 12.3 Å². The predicted molar refractivity (Wildman–Crippen MR) is 114 cm³/mol. The van der Waals surface area contributed by atoms with Gasteiger partial charge in [-0.2, -0.15) is 0 Å². The van der Waals surface area contributed by atoms with Crippen LogP contribution in [0.5, 0.6) is 5.75 Å². The molecule has 1 unspecified atom stereocenters. The molecule has 0 N–H and O–H groups in total. The van der Waals surface area contributed by atoms with Gasteiger partial charge in [-0.1, -0.05) is 0 Å². The second-order valence-corrected chi connectivity index (χ2v) is 26.3. The number of hydrogen-bond donors (Lipinski definition) is 0. The summed E-state index contributed by atoms with van der Waals surface area (Å²) >= 11 is 1.34. The van der Waals surface area contributed by atoms with Crippen LogP contribution in [-0.4, -0.2) is 42.3 Å². The molecule has 0 aromatic heterocycles. The van der Waals surface area contributed by atoms with E-state index in [9.17, 15) is 0 Å². The van der Waals surface area contributed by atoms with E-state index < -0.39 is 16.2 Å². The number of fused-ring (bicyclic) bond motifs is 1. The van der Waals surface area contributed by atoms with Gasteiger partial charge in [-0.3, -0.25) is 0 Å². The van der Waals surface area contributed by atoms with Crippen LogP contribution < -0.4 is 11.9 Å². The third-order valence-corrected chi connectivity index (χ3v) is 18.7. The van der Waals surface area contributed by atoms with Crippen LogP contribution >= 0.6 is 12.7 Å². The molecule has 0 aliphatic rings. The zero-order chi connectivity index (χ0) is 18.0. The molecule has 25 heavy (non-hydrogen) atoms. The summed E-state index contributed by atoms with van der Waals surface area (Å²) in [5.41, 5.74) is 1.36. The van der Waals surface area contributed by atoms with E-state index >= 15 is 0 Å². The Morgan fingerprint density at radius 3 is 2.32 bits per heavy atom. The standard InChI is InChI=1S/C14H16NO.C6H5.CH3.BrH.Sn/c1-15(2)10-11-8-9-14(16-3)13-7-5-4-6-12(11)13;1-2-4-6-5-3-1;;;/h4-5,7-9H,10H2,1-3H3;1-5H;1H3;1H;/q;;;;+1/p-1. The van der Waals surface area contributed by atoms with Crippen LogP contribution in [0.1, 0.15) is 5.56 Å². The molecule has 0 amide bonds. The van der Waals surface area contributed by atoms with E-state index in [1.807, 2.05) is 0 Å². The van der Waals surface area contributed by atoms with Crippen molar-refractivity contribution >= 4 is 46.8 Å². The second kappa shape index (κ2) is 7.68. The van der Waals surface area contributed by atoms with E-state index in [4.69, 9.17) is 4.74 Å². The number of hydrogen-bond acceptors (Lipinski definition) is 2. The van der Waals surface area contributed by atoms with Crippen molar-refractivity contribution < 1.29 is 4.74 Å². The van der Waals surface area contributed by atoms with E-state index in [1.54, 1.807) is 7.11 Å². The molecule has 130 valence electrons. The predicted octanol–water partition coefficient (Wildman–Crippen LogP) is 3.99. The monoisotopic (exact) mass is 505 g/mol. The van der Waals surface area contributed by atoms with Gasteiger partial charge >= 0.3 is 161 Å². The first-order chi connectivity index (χ1) is 11.9. The molecular weight excluding hydrogens is 481 g/mol. The number of methoxy groups -OCH3 is 1. The molecule has 0 heterocycles. The average Bonchev–Trinajstić information content (AvgIpc) is 2.61. The van der Waals surface area contributed by atoms with Gasteiger partial charge in [0.25, 0.3) is 0 Å². The van der Waals surface area contributed by atoms with Crippen molar-refractivity contribution in [3.63, 3.8) is 0 Å². The Morgan fingerprint density at radius 1 is 0.960 bits per heavy atom. The Kier molecular flexibility index (Phi) is 5.76. The summed E-state index contributed by atoms with van der Waals surface area (Å²) in [6.45, 7) is 0.918. The zero-order valence-corrected chi connectivity index (χ0v) is 19.7. The number of benzene rings is 3. The topological polar surface area (TPSA) is 12.5 Å². The van der Waals surface area contributed by atoms with Crippen molar-refractivity contribution in [1.29, 1.82) is 0 Å². The van der Waals surface area contributed by atoms with Crippen molar-refractivity contribution in [1.82, 2.24) is 4.90 Å². The number of halogens is 1. The molecule has 3 aromatic carbocycles. The Labute approximate surface area is 160 Å². The van der Waals surface area contributed by atoms with Crippen molar-refractivity contribution in [3.8, 4) is 5.75 Å². The summed E-state index contributed by atoms with van der Waals surface area (Å²) in [6, 6.07) is 21.8. The minimum absolute atomic E-state index is 0.918. The van der Waals surface area contributed by atoms with E-state index in [0.29, 0.717) is 0 Å². The quantitative estimate of drug-likeness (QED) is 0.487. The van der Waals surface area contributed by atoms with Gasteiger partial charge in [0.2, 0.25) is 0 Å². The fourth-order valence-electron chi connectivity index (χ4n) is 3.40. The van der Waals surface area contributed by atoms with Crippen LogP contribution in [-0.2, 0) is 6.54 Å². The second-order valence-electron chi connectivity index (χ2n) is 6.76. The summed E-state index contributed by atoms with van der Waals surface area (Å²) in [4.78, 5) is 4.65. The van der Waals surface area contributed by atoms with Crippen LogP contribution in [0.25, 0.3) is 10.8 Å². The average molecular weight is 505 g/mol. The number of nitrogens with zero attached hydrogens (tertiary/aromatic N) is 1. The molecule has 0 radical (unpaired) electrons. The van der Waals surface area contributed by atoms with Crippen LogP contribution in [0.2, 0.25) is 4.94 Å². The van der Waals surface area contributed by atoms with Gasteiger partial charge in [0.05, 0.1) is 0 Å². The van der Waals surface area contributed by atoms with E-state index in [-0.39, 0.29) is 0 Å². The van der Waals surface area contributed by atoms with Crippen LogP contribution in [0.15, 0.2) is 60.7 Å². The molecule has 0 bridgehead atoms. The molecule has 0 spiro atoms. The molecule has 2 nitrogen and oxygen atoms in total. The number of rotatable bonds is 5. The van der Waals surface area contributed by atoms with Gasteiger partial charge in [0, 0.05) is 0 Å². The molecule has 0 aliphatic heterocycles. The Hall–Kier alpha value is -1.04. The van der Waals surface area contributed by atoms with Crippen molar-refractivity contribution in [2.75, 3.05) is 21.2 Å². The maximum absolute atomic E-state index is 5.66. The first-order valence-corrected chi connectivity index (χ1v) is 20.5. The third-order valence-electron chi connectivity index (χ3n) is 4.62. The molecule has 3 rings (SSSR count). The van der Waals surface area contributed by atoms with Gasteiger partial charge in [-0.05, 0) is 0 Å². The summed E-state index contributed by atoms with van der Waals surface area (Å²) in [5, 5.41) is 2.56. The first kappa shape index (κ1) is 18.7. The van der Waals surface area contributed by atoms with Crippen LogP contribution in [0.4, 0.5) is 0 Å². The Balaban J connectivity index is 2.31. The zero-order valence-electron chi connectivity index (χ0n) is 15.2. The minimum atomic E-state index is -2.88. The van der Waals surface area contributed by atoms with Gasteiger partial charge in [0.1, 0.15) is 0 Å². The van der Waals surface area contributed by atoms with Crippen molar-refractivity contribution in [2.24, 2.45) is 0 Å². The van der Waals surface area contributed by atoms with Crippen LogP contribution in [0.3, 0.4) is 0 Å². The molecule has 0 saturated heterocycles. The molecule has 1 atom stereocenters. The van der Waals surface area contributed by atoms with Crippen molar-refractivity contribution in [3.05, 3.63) is 66.2 Å². The summed E-state index contributed by atoms with van der Waals surface area (Å²) in [7, 11) is 5.99. The van der Waals surface area contributed by atoms with Crippen molar-refractivity contribution in [2.45, 2.75) is 11.5 Å². The van der Waals surface area contributed by atoms with Gasteiger partial charge in [0.15, 0.2) is 0 Å². The molecular formula is C21H24BrNOSn. The number of ether oxygens (including phenoxy) is 1. The van der Waals surface area contributed by atoms with Gasteiger partial charge in [-0.15, -0.1) is 0 Å². The Morgan fingerprint density at radius 2 is 1.68 bits per heavy atom. The SMILES string of the molecule is COc1ccc(CN(C)C)c2[c]([Sn]([CH3])([Br])[c]3ccccc3)cccc12. The van der Waals surface area contributed by atoms with E-state index in [1.165, 1.54) is 23.5 Å². The molecule has 0 aliphatic carbocycles. The molecule has 0 fully saturated rings. The van der Waals surface area contributed by atoms with Gasteiger partial charge < -0.3 is 0 Å². The van der Waals surface area contributed by atoms with Gasteiger partial charge in [-0.25, -0.2) is 0 Å². The Bertz CT molecular complexity index is 878. The van der Waals surface area contributed by atoms with E-state index in [2.05, 4.69) is 97.3 Å². The first-order valence-electron chi connectivity index (χ1n) is 8.43. The summed E-state index contributed by atoms with van der Waals surface area (Å²) in [5.74, 6) is 0.946. The molecule has 3 aromatic rings. The summed E-state index contributed by atoms with van der Waals surface area (Å²) < 4.78 is 8.57. The maximum atomic E-state index is 5.66. The normalized spacial score (nSPS) is 13.8. The fourth-order valence-corrected chi connectivity index (χ4v) is 14.0.